The van der Waals surface area contributed by atoms with Crippen molar-refractivity contribution in [3.05, 3.63) is 29.8 Å². The van der Waals surface area contributed by atoms with Crippen molar-refractivity contribution in [2.24, 2.45) is 0 Å². The first-order chi connectivity index (χ1) is 11.7. The molecule has 1 fully saturated rings. The molecule has 0 heterocycles. The number of hydrogen-bond acceptors (Lipinski definition) is 3. The lowest BCUT2D eigenvalue weighted by atomic mass is 9.96. The molecule has 0 bridgehead atoms. The first-order valence-electron chi connectivity index (χ1n) is 8.62. The van der Waals surface area contributed by atoms with Crippen molar-refractivity contribution in [2.75, 3.05) is 20.2 Å². The third-order valence-corrected chi connectivity index (χ3v) is 4.26. The van der Waals surface area contributed by atoms with Gasteiger partial charge in [0, 0.05) is 12.6 Å². The van der Waals surface area contributed by atoms with Crippen LogP contribution in [0.3, 0.4) is 0 Å². The molecule has 1 aromatic rings. The van der Waals surface area contributed by atoms with Crippen LogP contribution in [0, 0.1) is 0 Å². The number of rotatable bonds is 7. The SMILES string of the molecule is COc1ccccc1CCNC(=O)CNC(=O)NC1CCCCC1. The maximum Gasteiger partial charge on any atom is 0.315 e. The summed E-state index contributed by atoms with van der Waals surface area (Å²) in [6, 6.07) is 7.70. The van der Waals surface area contributed by atoms with Crippen molar-refractivity contribution >= 4 is 11.9 Å². The van der Waals surface area contributed by atoms with Gasteiger partial charge in [0.25, 0.3) is 0 Å². The first-order valence-corrected chi connectivity index (χ1v) is 8.62. The zero-order chi connectivity index (χ0) is 17.2. The lowest BCUT2D eigenvalue weighted by Crippen LogP contribution is -2.46. The van der Waals surface area contributed by atoms with E-state index >= 15 is 0 Å². The summed E-state index contributed by atoms with van der Waals surface area (Å²) in [4.78, 5) is 23.6. The number of amides is 3. The predicted molar refractivity (Wildman–Crippen MR) is 93.1 cm³/mol. The van der Waals surface area contributed by atoms with Crippen molar-refractivity contribution in [3.8, 4) is 5.75 Å². The molecule has 3 N–H and O–H groups in total. The Kier molecular flexibility index (Phi) is 7.39. The van der Waals surface area contributed by atoms with Gasteiger partial charge < -0.3 is 20.7 Å². The Morgan fingerprint density at radius 1 is 1.12 bits per heavy atom. The monoisotopic (exact) mass is 333 g/mol. The topological polar surface area (TPSA) is 79.5 Å². The number of carbonyl (C=O) groups is 2. The summed E-state index contributed by atoms with van der Waals surface area (Å²) in [5.74, 6) is 0.625. The van der Waals surface area contributed by atoms with Crippen LogP contribution in [0.25, 0.3) is 0 Å². The fourth-order valence-electron chi connectivity index (χ4n) is 2.95. The molecule has 2 rings (SSSR count). The molecule has 0 spiro atoms. The Bertz CT molecular complexity index is 542. The number of methoxy groups -OCH3 is 1. The number of hydrogen-bond donors (Lipinski definition) is 3. The average Bonchev–Trinajstić information content (AvgIpc) is 2.61. The Balaban J connectivity index is 1.61. The molecule has 0 aromatic heterocycles. The van der Waals surface area contributed by atoms with E-state index in [1.54, 1.807) is 7.11 Å². The molecule has 24 heavy (non-hydrogen) atoms. The van der Waals surface area contributed by atoms with Crippen LogP contribution in [0.5, 0.6) is 5.75 Å². The van der Waals surface area contributed by atoms with Gasteiger partial charge in [0.1, 0.15) is 5.75 Å². The van der Waals surface area contributed by atoms with Gasteiger partial charge in [0.05, 0.1) is 13.7 Å². The van der Waals surface area contributed by atoms with E-state index in [-0.39, 0.29) is 24.5 Å². The highest BCUT2D eigenvalue weighted by Crippen LogP contribution is 2.17. The van der Waals surface area contributed by atoms with Crippen LogP contribution in [0.4, 0.5) is 4.79 Å². The van der Waals surface area contributed by atoms with Gasteiger partial charge in [-0.1, -0.05) is 37.5 Å². The molecule has 3 amide bonds. The summed E-state index contributed by atoms with van der Waals surface area (Å²) in [5, 5.41) is 8.34. The van der Waals surface area contributed by atoms with Crippen LogP contribution >= 0.6 is 0 Å². The second-order valence-electron chi connectivity index (χ2n) is 6.07. The van der Waals surface area contributed by atoms with Crippen molar-refractivity contribution < 1.29 is 14.3 Å². The maximum absolute atomic E-state index is 11.8. The highest BCUT2D eigenvalue weighted by molar-refractivity contribution is 5.83. The van der Waals surface area contributed by atoms with E-state index in [1.807, 2.05) is 24.3 Å². The Labute approximate surface area is 143 Å². The lowest BCUT2D eigenvalue weighted by Gasteiger charge is -2.22. The summed E-state index contributed by atoms with van der Waals surface area (Å²) in [7, 11) is 1.63. The number of carbonyl (C=O) groups excluding carboxylic acids is 2. The lowest BCUT2D eigenvalue weighted by molar-refractivity contribution is -0.120. The zero-order valence-corrected chi connectivity index (χ0v) is 14.3. The molecular weight excluding hydrogens is 306 g/mol. The minimum Gasteiger partial charge on any atom is -0.496 e. The second kappa shape index (κ2) is 9.80. The van der Waals surface area contributed by atoms with Crippen LogP contribution in [-0.2, 0) is 11.2 Å². The van der Waals surface area contributed by atoms with E-state index in [9.17, 15) is 9.59 Å². The predicted octanol–water partition coefficient (Wildman–Crippen LogP) is 1.99. The Morgan fingerprint density at radius 3 is 2.62 bits per heavy atom. The van der Waals surface area contributed by atoms with Gasteiger partial charge in [-0.2, -0.15) is 0 Å². The normalized spacial score (nSPS) is 14.7. The highest BCUT2D eigenvalue weighted by atomic mass is 16.5. The fourth-order valence-corrected chi connectivity index (χ4v) is 2.95. The largest absolute Gasteiger partial charge is 0.496 e. The molecule has 0 radical (unpaired) electrons. The van der Waals surface area contributed by atoms with E-state index in [2.05, 4.69) is 16.0 Å². The molecule has 132 valence electrons. The quantitative estimate of drug-likeness (QED) is 0.714. The van der Waals surface area contributed by atoms with Crippen LogP contribution in [-0.4, -0.2) is 38.2 Å². The number of urea groups is 1. The average molecular weight is 333 g/mol. The fraction of sp³-hybridized carbons (Fsp3) is 0.556. The molecule has 0 aliphatic heterocycles. The molecule has 0 saturated heterocycles. The van der Waals surface area contributed by atoms with E-state index in [1.165, 1.54) is 6.42 Å². The standard InChI is InChI=1S/C18H27N3O3/c1-24-16-10-6-5-7-14(16)11-12-19-17(22)13-20-18(23)21-15-8-3-2-4-9-15/h5-7,10,15H,2-4,8-9,11-13H2,1H3,(H,19,22)(H2,20,21,23). The highest BCUT2D eigenvalue weighted by Gasteiger charge is 2.15. The van der Waals surface area contributed by atoms with E-state index in [0.29, 0.717) is 13.0 Å². The maximum atomic E-state index is 11.8. The van der Waals surface area contributed by atoms with Crippen LogP contribution in [0.2, 0.25) is 0 Å². The van der Waals surface area contributed by atoms with Gasteiger partial charge in [-0.3, -0.25) is 4.79 Å². The molecule has 0 atom stereocenters. The van der Waals surface area contributed by atoms with Crippen LogP contribution < -0.4 is 20.7 Å². The minimum absolute atomic E-state index is 0.00945. The molecule has 0 unspecified atom stereocenters. The second-order valence-corrected chi connectivity index (χ2v) is 6.07. The van der Waals surface area contributed by atoms with Crippen molar-refractivity contribution in [1.29, 1.82) is 0 Å². The minimum atomic E-state index is -0.262. The molecule has 1 aliphatic carbocycles. The molecular formula is C18H27N3O3. The number of ether oxygens (including phenoxy) is 1. The van der Waals surface area contributed by atoms with Crippen molar-refractivity contribution in [3.63, 3.8) is 0 Å². The van der Waals surface area contributed by atoms with Gasteiger partial charge >= 0.3 is 6.03 Å². The summed E-state index contributed by atoms with van der Waals surface area (Å²) >= 11 is 0. The molecule has 1 aromatic carbocycles. The number of para-hydroxylation sites is 1. The van der Waals surface area contributed by atoms with E-state index in [0.717, 1.165) is 37.0 Å². The van der Waals surface area contributed by atoms with Gasteiger partial charge in [0.2, 0.25) is 5.91 Å². The summed E-state index contributed by atoms with van der Waals surface area (Å²) in [6.07, 6.45) is 6.30. The van der Waals surface area contributed by atoms with Gasteiger partial charge in [-0.15, -0.1) is 0 Å². The molecule has 6 heteroatoms. The molecule has 1 saturated carbocycles. The first kappa shape index (κ1) is 18.1. The van der Waals surface area contributed by atoms with Gasteiger partial charge in [-0.05, 0) is 30.9 Å². The van der Waals surface area contributed by atoms with Crippen molar-refractivity contribution in [2.45, 2.75) is 44.6 Å². The van der Waals surface area contributed by atoms with E-state index in [4.69, 9.17) is 4.74 Å². The van der Waals surface area contributed by atoms with Crippen LogP contribution in [0.15, 0.2) is 24.3 Å². The molecule has 1 aliphatic rings. The third kappa shape index (κ3) is 6.10. The van der Waals surface area contributed by atoms with Crippen LogP contribution in [0.1, 0.15) is 37.7 Å². The van der Waals surface area contributed by atoms with Crippen molar-refractivity contribution in [1.82, 2.24) is 16.0 Å². The smallest absolute Gasteiger partial charge is 0.315 e. The number of benzene rings is 1. The zero-order valence-electron chi connectivity index (χ0n) is 14.3. The summed E-state index contributed by atoms with van der Waals surface area (Å²) in [5.41, 5.74) is 1.04. The summed E-state index contributed by atoms with van der Waals surface area (Å²) < 4.78 is 5.28. The van der Waals surface area contributed by atoms with Gasteiger partial charge in [0.15, 0.2) is 0 Å². The van der Waals surface area contributed by atoms with Gasteiger partial charge in [-0.25, -0.2) is 4.79 Å². The molecule has 6 nitrogen and oxygen atoms in total. The number of nitrogens with one attached hydrogen (secondary N) is 3. The third-order valence-electron chi connectivity index (χ3n) is 4.26. The summed E-state index contributed by atoms with van der Waals surface area (Å²) in [6.45, 7) is 0.496. The van der Waals surface area contributed by atoms with E-state index < -0.39 is 0 Å². The Hall–Kier alpha value is -2.24. The Morgan fingerprint density at radius 2 is 1.88 bits per heavy atom.